The van der Waals surface area contributed by atoms with Gasteiger partial charge in [0.05, 0.1) is 6.61 Å². The zero-order valence-electron chi connectivity index (χ0n) is 13.6. The molecule has 2 heteroatoms. The Morgan fingerprint density at radius 1 is 1.20 bits per heavy atom. The largest absolute Gasteiger partial charge is 0.383 e. The molecule has 0 aliphatic heterocycles. The maximum atomic E-state index is 5.10. The zero-order chi connectivity index (χ0) is 14.8. The minimum atomic E-state index is 0.606. The molecule has 0 aromatic heterocycles. The maximum absolute atomic E-state index is 5.10. The summed E-state index contributed by atoms with van der Waals surface area (Å²) in [5.41, 5.74) is 2.80. The second-order valence-corrected chi connectivity index (χ2v) is 5.93. The molecule has 1 aromatic carbocycles. The Kier molecular flexibility index (Phi) is 8.56. The Morgan fingerprint density at radius 3 is 2.50 bits per heavy atom. The smallest absolute Gasteiger partial charge is 0.0587 e. The number of hydrogen-bond acceptors (Lipinski definition) is 2. The third-order valence-electron chi connectivity index (χ3n) is 3.89. The van der Waals surface area contributed by atoms with Gasteiger partial charge in [-0.1, -0.05) is 56.5 Å². The summed E-state index contributed by atoms with van der Waals surface area (Å²) in [6.45, 7) is 9.55. The van der Waals surface area contributed by atoms with E-state index >= 15 is 0 Å². The van der Waals surface area contributed by atoms with Gasteiger partial charge in [-0.2, -0.15) is 0 Å². The molecule has 2 atom stereocenters. The second-order valence-electron chi connectivity index (χ2n) is 5.93. The van der Waals surface area contributed by atoms with Gasteiger partial charge in [-0.3, -0.25) is 0 Å². The fourth-order valence-electron chi connectivity index (χ4n) is 2.72. The molecular weight excluding hydrogens is 246 g/mol. The highest BCUT2D eigenvalue weighted by atomic mass is 16.5. The van der Waals surface area contributed by atoms with Crippen molar-refractivity contribution < 1.29 is 4.74 Å². The van der Waals surface area contributed by atoms with Crippen molar-refractivity contribution in [2.45, 2.75) is 46.0 Å². The number of benzene rings is 1. The van der Waals surface area contributed by atoms with Crippen LogP contribution in [0.3, 0.4) is 0 Å². The van der Waals surface area contributed by atoms with E-state index in [1.54, 1.807) is 7.11 Å². The molecule has 0 radical (unpaired) electrons. The van der Waals surface area contributed by atoms with Gasteiger partial charge in [-0.25, -0.2) is 0 Å². The topological polar surface area (TPSA) is 21.3 Å². The predicted molar refractivity (Wildman–Crippen MR) is 87.4 cm³/mol. The molecule has 0 amide bonds. The first kappa shape index (κ1) is 17.2. The Bertz CT molecular complexity index is 347. The maximum Gasteiger partial charge on any atom is 0.0587 e. The predicted octanol–water partition coefficient (Wildman–Crippen LogP) is 4.14. The van der Waals surface area contributed by atoms with Crippen molar-refractivity contribution in [2.75, 3.05) is 26.8 Å². The molecule has 2 nitrogen and oxygen atoms in total. The lowest BCUT2D eigenvalue weighted by Gasteiger charge is -2.22. The van der Waals surface area contributed by atoms with Crippen molar-refractivity contribution in [3.63, 3.8) is 0 Å². The lowest BCUT2D eigenvalue weighted by Crippen LogP contribution is -2.26. The van der Waals surface area contributed by atoms with Crippen LogP contribution in [0, 0.1) is 12.8 Å². The molecule has 0 heterocycles. The monoisotopic (exact) mass is 277 g/mol. The van der Waals surface area contributed by atoms with Gasteiger partial charge in [-0.15, -0.1) is 0 Å². The number of nitrogens with one attached hydrogen (secondary N) is 1. The zero-order valence-corrected chi connectivity index (χ0v) is 13.6. The molecule has 0 aliphatic carbocycles. The lowest BCUT2D eigenvalue weighted by molar-refractivity contribution is 0.198. The summed E-state index contributed by atoms with van der Waals surface area (Å²) in [5.74, 6) is 1.39. The van der Waals surface area contributed by atoms with Crippen LogP contribution in [0.5, 0.6) is 0 Å². The molecular formula is C18H31NO. The molecule has 1 N–H and O–H groups in total. The van der Waals surface area contributed by atoms with E-state index in [-0.39, 0.29) is 0 Å². The van der Waals surface area contributed by atoms with Crippen LogP contribution in [0.15, 0.2) is 24.3 Å². The second kappa shape index (κ2) is 9.95. The molecule has 0 spiro atoms. The lowest BCUT2D eigenvalue weighted by atomic mass is 9.87. The van der Waals surface area contributed by atoms with Crippen molar-refractivity contribution in [2.24, 2.45) is 5.92 Å². The van der Waals surface area contributed by atoms with E-state index in [2.05, 4.69) is 50.4 Å². The first-order valence-corrected chi connectivity index (χ1v) is 7.93. The van der Waals surface area contributed by atoms with Crippen molar-refractivity contribution in [3.8, 4) is 0 Å². The van der Waals surface area contributed by atoms with Crippen LogP contribution in [-0.2, 0) is 4.74 Å². The standard InChI is InChI=1S/C18H31NO/c1-5-6-16(3)13-18(14-19-11-12-20-4)17-9-7-15(2)8-10-17/h7-10,16,18-19H,5-6,11-14H2,1-4H3. The minimum absolute atomic E-state index is 0.606. The summed E-state index contributed by atoms with van der Waals surface area (Å²) < 4.78 is 5.10. The molecule has 1 rings (SSSR count). The number of rotatable bonds is 10. The molecule has 0 bridgehead atoms. The van der Waals surface area contributed by atoms with Crippen LogP contribution < -0.4 is 5.32 Å². The highest BCUT2D eigenvalue weighted by Crippen LogP contribution is 2.26. The SMILES string of the molecule is CCCC(C)CC(CNCCOC)c1ccc(C)cc1. The summed E-state index contributed by atoms with van der Waals surface area (Å²) in [7, 11) is 1.75. The first-order valence-electron chi connectivity index (χ1n) is 7.93. The van der Waals surface area contributed by atoms with Gasteiger partial charge < -0.3 is 10.1 Å². The van der Waals surface area contributed by atoms with E-state index in [0.717, 1.165) is 25.6 Å². The summed E-state index contributed by atoms with van der Waals surface area (Å²) >= 11 is 0. The third-order valence-corrected chi connectivity index (χ3v) is 3.89. The van der Waals surface area contributed by atoms with Crippen molar-refractivity contribution in [3.05, 3.63) is 35.4 Å². The van der Waals surface area contributed by atoms with E-state index in [9.17, 15) is 0 Å². The average Bonchev–Trinajstić information content (AvgIpc) is 2.43. The van der Waals surface area contributed by atoms with Crippen molar-refractivity contribution >= 4 is 0 Å². The Morgan fingerprint density at radius 2 is 1.90 bits per heavy atom. The summed E-state index contributed by atoms with van der Waals surface area (Å²) in [5, 5.41) is 3.52. The molecule has 1 aromatic rings. The van der Waals surface area contributed by atoms with Gasteiger partial charge in [-0.05, 0) is 30.7 Å². The van der Waals surface area contributed by atoms with Gasteiger partial charge in [0.25, 0.3) is 0 Å². The fourth-order valence-corrected chi connectivity index (χ4v) is 2.72. The first-order chi connectivity index (χ1) is 9.67. The van der Waals surface area contributed by atoms with E-state index in [1.165, 1.54) is 30.4 Å². The quantitative estimate of drug-likeness (QED) is 0.649. The molecule has 20 heavy (non-hydrogen) atoms. The summed E-state index contributed by atoms with van der Waals surface area (Å²) in [6.07, 6.45) is 3.86. The van der Waals surface area contributed by atoms with E-state index in [4.69, 9.17) is 4.74 Å². The third kappa shape index (κ3) is 6.53. The van der Waals surface area contributed by atoms with Crippen LogP contribution in [-0.4, -0.2) is 26.8 Å². The normalized spacial score (nSPS) is 14.2. The number of hydrogen-bond donors (Lipinski definition) is 1. The van der Waals surface area contributed by atoms with Gasteiger partial charge in [0.1, 0.15) is 0 Å². The number of aryl methyl sites for hydroxylation is 1. The number of ether oxygens (including phenoxy) is 1. The average molecular weight is 277 g/mol. The molecule has 0 saturated heterocycles. The summed E-state index contributed by atoms with van der Waals surface area (Å²) in [6, 6.07) is 9.03. The van der Waals surface area contributed by atoms with Crippen LogP contribution in [0.25, 0.3) is 0 Å². The Balaban J connectivity index is 2.60. The van der Waals surface area contributed by atoms with E-state index in [0.29, 0.717) is 5.92 Å². The molecule has 0 aliphatic rings. The molecule has 2 unspecified atom stereocenters. The minimum Gasteiger partial charge on any atom is -0.383 e. The van der Waals surface area contributed by atoms with Crippen molar-refractivity contribution in [1.82, 2.24) is 5.32 Å². The number of methoxy groups -OCH3 is 1. The van der Waals surface area contributed by atoms with Gasteiger partial charge in [0.15, 0.2) is 0 Å². The van der Waals surface area contributed by atoms with Gasteiger partial charge in [0.2, 0.25) is 0 Å². The van der Waals surface area contributed by atoms with Gasteiger partial charge in [0, 0.05) is 20.2 Å². The summed E-state index contributed by atoms with van der Waals surface area (Å²) in [4.78, 5) is 0. The van der Waals surface area contributed by atoms with Gasteiger partial charge >= 0.3 is 0 Å². The van der Waals surface area contributed by atoms with E-state index in [1.807, 2.05) is 0 Å². The van der Waals surface area contributed by atoms with E-state index < -0.39 is 0 Å². The van der Waals surface area contributed by atoms with Crippen LogP contribution in [0.2, 0.25) is 0 Å². The van der Waals surface area contributed by atoms with Crippen LogP contribution in [0.1, 0.15) is 50.2 Å². The Hall–Kier alpha value is -0.860. The Labute approximate surface area is 124 Å². The van der Waals surface area contributed by atoms with Crippen LogP contribution >= 0.6 is 0 Å². The highest BCUT2D eigenvalue weighted by Gasteiger charge is 2.14. The molecule has 0 saturated carbocycles. The highest BCUT2D eigenvalue weighted by molar-refractivity contribution is 5.24. The van der Waals surface area contributed by atoms with Crippen molar-refractivity contribution in [1.29, 1.82) is 0 Å². The van der Waals surface area contributed by atoms with Crippen LogP contribution in [0.4, 0.5) is 0 Å². The molecule has 0 fully saturated rings. The fraction of sp³-hybridized carbons (Fsp3) is 0.667. The molecule has 114 valence electrons.